The first-order valence-corrected chi connectivity index (χ1v) is 16.1. The maximum absolute atomic E-state index is 15.2. The van der Waals surface area contributed by atoms with Crippen LogP contribution in [-0.2, 0) is 14.3 Å². The van der Waals surface area contributed by atoms with Crippen LogP contribution in [-0.4, -0.2) is 125 Å². The number of hydrogen-bond acceptors (Lipinski definition) is 12. The topological polar surface area (TPSA) is 169 Å². The SMILES string of the molecule is N#Cc1cc(-c2ncnc(Nc3ccc(N4CCN(C5COC5)CC4)cc3)n2)ccc1OC1CCN(C(=O)[C@@H]2C[C@@H](O)C(=O)N2)CC1F. The van der Waals surface area contributed by atoms with E-state index in [9.17, 15) is 20.0 Å². The molecule has 4 saturated heterocycles. The summed E-state index contributed by atoms with van der Waals surface area (Å²) in [5, 5.41) is 25.2. The number of amides is 2. The fourth-order valence-corrected chi connectivity index (χ4v) is 6.44. The van der Waals surface area contributed by atoms with Crippen LogP contribution in [0, 0.1) is 11.3 Å². The molecule has 4 fully saturated rings. The fourth-order valence-electron chi connectivity index (χ4n) is 6.44. The van der Waals surface area contributed by atoms with Crippen LogP contribution in [0.3, 0.4) is 0 Å². The lowest BCUT2D eigenvalue weighted by Crippen LogP contribution is -2.56. The Kier molecular flexibility index (Phi) is 9.02. The van der Waals surface area contributed by atoms with Gasteiger partial charge in [-0.15, -0.1) is 0 Å². The summed E-state index contributed by atoms with van der Waals surface area (Å²) in [6, 6.07) is 14.8. The van der Waals surface area contributed by atoms with E-state index < -0.39 is 36.2 Å². The lowest BCUT2D eigenvalue weighted by Gasteiger charge is -2.43. The fraction of sp³-hybridized carbons (Fsp3) is 0.455. The van der Waals surface area contributed by atoms with Crippen molar-refractivity contribution in [1.82, 2.24) is 30.1 Å². The highest BCUT2D eigenvalue weighted by Crippen LogP contribution is 2.29. The minimum absolute atomic E-state index is 0.0374. The Morgan fingerprint density at radius 3 is 2.56 bits per heavy atom. The Bertz CT molecular complexity index is 1690. The van der Waals surface area contributed by atoms with Gasteiger partial charge in [0.15, 0.2) is 12.0 Å². The molecular formula is C33H36FN9O5. The summed E-state index contributed by atoms with van der Waals surface area (Å²) in [5.41, 5.74) is 2.73. The summed E-state index contributed by atoms with van der Waals surface area (Å²) >= 11 is 0. The molecule has 1 aromatic heterocycles. The number of piperazine rings is 1. The van der Waals surface area contributed by atoms with Crippen molar-refractivity contribution in [3.63, 3.8) is 0 Å². The summed E-state index contributed by atoms with van der Waals surface area (Å²) in [4.78, 5) is 43.6. The molecule has 5 heterocycles. The molecule has 0 radical (unpaired) electrons. The zero-order chi connectivity index (χ0) is 33.2. The number of carbonyl (C=O) groups is 2. The van der Waals surface area contributed by atoms with Crippen LogP contribution >= 0.6 is 0 Å². The Morgan fingerprint density at radius 1 is 1.10 bits per heavy atom. The smallest absolute Gasteiger partial charge is 0.249 e. The number of alkyl halides is 1. The lowest BCUT2D eigenvalue weighted by molar-refractivity contribution is -0.138. The zero-order valence-corrected chi connectivity index (χ0v) is 26.2. The Labute approximate surface area is 276 Å². The van der Waals surface area contributed by atoms with Crippen molar-refractivity contribution in [3.8, 4) is 23.2 Å². The van der Waals surface area contributed by atoms with Crippen molar-refractivity contribution in [1.29, 1.82) is 5.26 Å². The molecule has 4 aliphatic heterocycles. The molecule has 250 valence electrons. The summed E-state index contributed by atoms with van der Waals surface area (Å²) < 4.78 is 26.4. The largest absolute Gasteiger partial charge is 0.486 e. The third kappa shape index (κ3) is 6.73. The van der Waals surface area contributed by atoms with E-state index in [1.807, 2.05) is 12.1 Å². The molecular weight excluding hydrogens is 621 g/mol. The van der Waals surface area contributed by atoms with Gasteiger partial charge in [-0.2, -0.15) is 10.2 Å². The number of nitrogens with one attached hydrogen (secondary N) is 2. The number of aliphatic hydroxyl groups excluding tert-OH is 1. The molecule has 0 saturated carbocycles. The molecule has 7 rings (SSSR count). The van der Waals surface area contributed by atoms with Crippen LogP contribution in [0.2, 0.25) is 0 Å². The van der Waals surface area contributed by atoms with Gasteiger partial charge in [0.2, 0.25) is 17.8 Å². The van der Waals surface area contributed by atoms with Crippen LogP contribution < -0.4 is 20.3 Å². The molecule has 4 atom stereocenters. The standard InChI is InChI=1S/C33H36FN9O5/c34-25-16-43(32(46)26-14-27(44)31(45)39-26)8-7-29(25)48-28-6-1-20(13-21(28)15-35)30-36-19-37-33(40-30)38-22-2-4-23(5-3-22)41-9-11-42(12-10-41)24-17-47-18-24/h1-6,13,19,24-27,29,44H,7-12,14,16-18H2,(H,39,45)(H,36,37,38,40)/t25?,26-,27+,29?/m0/s1. The second-order valence-electron chi connectivity index (χ2n) is 12.4. The van der Waals surface area contributed by atoms with E-state index in [0.717, 1.165) is 50.8 Å². The second kappa shape index (κ2) is 13.7. The summed E-state index contributed by atoms with van der Waals surface area (Å²) in [7, 11) is 0. The van der Waals surface area contributed by atoms with E-state index in [4.69, 9.17) is 9.47 Å². The molecule has 48 heavy (non-hydrogen) atoms. The molecule has 14 nitrogen and oxygen atoms in total. The minimum atomic E-state index is -1.51. The molecule has 3 aromatic rings. The van der Waals surface area contributed by atoms with Crippen LogP contribution in [0.4, 0.5) is 21.7 Å². The number of piperidine rings is 1. The average molecular weight is 658 g/mol. The van der Waals surface area contributed by atoms with E-state index in [0.29, 0.717) is 23.4 Å². The molecule has 3 N–H and O–H groups in total. The van der Waals surface area contributed by atoms with Crippen molar-refractivity contribution < 1.29 is 28.6 Å². The molecule has 2 unspecified atom stereocenters. The third-order valence-electron chi connectivity index (χ3n) is 9.32. The van der Waals surface area contributed by atoms with Gasteiger partial charge in [-0.25, -0.2) is 14.4 Å². The van der Waals surface area contributed by atoms with E-state index in [2.05, 4.69) is 53.6 Å². The highest BCUT2D eigenvalue weighted by Gasteiger charge is 2.40. The van der Waals surface area contributed by atoms with Gasteiger partial charge in [0, 0.05) is 62.5 Å². The highest BCUT2D eigenvalue weighted by molar-refractivity contribution is 5.93. The Morgan fingerprint density at radius 2 is 1.90 bits per heavy atom. The predicted octanol–water partition coefficient (Wildman–Crippen LogP) is 1.24. The maximum atomic E-state index is 15.2. The first kappa shape index (κ1) is 31.7. The van der Waals surface area contributed by atoms with Gasteiger partial charge < -0.3 is 35.0 Å². The number of anilines is 3. The van der Waals surface area contributed by atoms with E-state index in [1.54, 1.807) is 18.2 Å². The second-order valence-corrected chi connectivity index (χ2v) is 12.4. The van der Waals surface area contributed by atoms with Crippen molar-refractivity contribution in [2.45, 2.75) is 43.3 Å². The van der Waals surface area contributed by atoms with Gasteiger partial charge in [-0.3, -0.25) is 14.5 Å². The Hall–Kier alpha value is -4.91. The molecule has 0 bridgehead atoms. The van der Waals surface area contributed by atoms with Crippen molar-refractivity contribution >= 4 is 29.1 Å². The van der Waals surface area contributed by atoms with Gasteiger partial charge in [-0.05, 0) is 42.5 Å². The summed E-state index contributed by atoms with van der Waals surface area (Å²) in [6.07, 6.45) is -2.08. The number of rotatable bonds is 8. The summed E-state index contributed by atoms with van der Waals surface area (Å²) in [6.45, 7) is 5.65. The van der Waals surface area contributed by atoms with Gasteiger partial charge in [0.05, 0.1) is 31.4 Å². The monoisotopic (exact) mass is 657 g/mol. The number of nitrogens with zero attached hydrogens (tertiary/aromatic N) is 7. The highest BCUT2D eigenvalue weighted by atomic mass is 19.1. The molecule has 0 spiro atoms. The van der Waals surface area contributed by atoms with Gasteiger partial charge in [-0.1, -0.05) is 0 Å². The molecule has 15 heteroatoms. The number of nitriles is 1. The van der Waals surface area contributed by atoms with E-state index >= 15 is 4.39 Å². The van der Waals surface area contributed by atoms with Gasteiger partial charge >= 0.3 is 0 Å². The lowest BCUT2D eigenvalue weighted by atomic mass is 10.0. The molecule has 2 aromatic carbocycles. The molecule has 2 amide bonds. The van der Waals surface area contributed by atoms with Gasteiger partial charge in [0.25, 0.3) is 0 Å². The summed E-state index contributed by atoms with van der Waals surface area (Å²) in [5.74, 6) is -0.134. The number of carbonyl (C=O) groups excluding carboxylic acids is 2. The average Bonchev–Trinajstić information content (AvgIpc) is 3.43. The molecule has 0 aliphatic carbocycles. The van der Waals surface area contributed by atoms with E-state index in [-0.39, 0.29) is 37.2 Å². The van der Waals surface area contributed by atoms with Crippen LogP contribution in [0.15, 0.2) is 48.8 Å². The molecule has 4 aliphatic rings. The zero-order valence-electron chi connectivity index (χ0n) is 26.2. The third-order valence-corrected chi connectivity index (χ3v) is 9.32. The van der Waals surface area contributed by atoms with Crippen molar-refractivity contribution in [3.05, 3.63) is 54.4 Å². The number of likely N-dealkylation sites (tertiary alicyclic amines) is 1. The number of hydrogen-bond donors (Lipinski definition) is 3. The Balaban J connectivity index is 0.953. The van der Waals surface area contributed by atoms with Crippen LogP contribution in [0.25, 0.3) is 11.4 Å². The number of aromatic nitrogens is 3. The quantitative estimate of drug-likeness (QED) is 0.318. The van der Waals surface area contributed by atoms with Crippen molar-refractivity contribution in [2.75, 3.05) is 62.7 Å². The van der Waals surface area contributed by atoms with Gasteiger partial charge in [0.1, 0.15) is 36.4 Å². The number of aliphatic hydroxyl groups is 1. The minimum Gasteiger partial charge on any atom is -0.486 e. The first-order valence-electron chi connectivity index (χ1n) is 16.1. The predicted molar refractivity (Wildman–Crippen MR) is 171 cm³/mol. The van der Waals surface area contributed by atoms with Crippen molar-refractivity contribution in [2.24, 2.45) is 0 Å². The number of benzene rings is 2. The normalized spacial score (nSPS) is 24.8. The first-order chi connectivity index (χ1) is 23.3. The van der Waals surface area contributed by atoms with Crippen LogP contribution in [0.5, 0.6) is 5.75 Å². The van der Waals surface area contributed by atoms with Crippen LogP contribution in [0.1, 0.15) is 18.4 Å². The number of halogens is 1. The number of ether oxygens (including phenoxy) is 2. The maximum Gasteiger partial charge on any atom is 0.249 e. The van der Waals surface area contributed by atoms with E-state index in [1.165, 1.54) is 11.2 Å².